The number of fused-ring (bicyclic) bond motifs is 1. The Bertz CT molecular complexity index is 450. The zero-order valence-electron chi connectivity index (χ0n) is 7.78. The summed E-state index contributed by atoms with van der Waals surface area (Å²) in [5.74, 6) is 5.39. The number of nitrogens with one attached hydrogen (secondary N) is 1. The van der Waals surface area contributed by atoms with E-state index in [1.807, 2.05) is 0 Å². The van der Waals surface area contributed by atoms with Crippen molar-refractivity contribution in [2.24, 2.45) is 5.84 Å². The highest BCUT2D eigenvalue weighted by Crippen LogP contribution is 2.42. The van der Waals surface area contributed by atoms with Crippen molar-refractivity contribution in [2.45, 2.75) is 17.1 Å². The SMILES string of the molecule is NNC1=C(S)c2c(S)sc(C=O)c2CC1. The molecule has 0 bridgehead atoms. The summed E-state index contributed by atoms with van der Waals surface area (Å²) in [7, 11) is 0. The van der Waals surface area contributed by atoms with Crippen LogP contribution in [0.25, 0.3) is 4.91 Å². The second kappa shape index (κ2) is 4.21. The molecule has 6 heteroatoms. The first-order chi connectivity index (χ1) is 7.19. The largest absolute Gasteiger partial charge is 0.327 e. The standard InChI is InChI=1S/C9H10N2OS3/c10-11-5-2-1-4-6(3-12)15-9(14)7(4)8(5)13/h3,11,13-14H,1-2,10H2. The number of thiol groups is 2. The van der Waals surface area contributed by atoms with Crippen LogP contribution in [-0.4, -0.2) is 6.29 Å². The average Bonchev–Trinajstić information content (AvgIpc) is 2.56. The molecule has 0 radical (unpaired) electrons. The molecule has 0 saturated heterocycles. The Hall–Kier alpha value is -0.430. The Kier molecular flexibility index (Phi) is 3.11. The summed E-state index contributed by atoms with van der Waals surface area (Å²) >= 11 is 10.2. The topological polar surface area (TPSA) is 55.1 Å². The average molecular weight is 258 g/mol. The van der Waals surface area contributed by atoms with Gasteiger partial charge in [-0.05, 0) is 18.4 Å². The van der Waals surface area contributed by atoms with Gasteiger partial charge in [0, 0.05) is 16.2 Å². The van der Waals surface area contributed by atoms with Gasteiger partial charge in [-0.1, -0.05) is 0 Å². The highest BCUT2D eigenvalue weighted by Gasteiger charge is 2.23. The van der Waals surface area contributed by atoms with Gasteiger partial charge in [0.15, 0.2) is 6.29 Å². The van der Waals surface area contributed by atoms with E-state index >= 15 is 0 Å². The lowest BCUT2D eigenvalue weighted by atomic mass is 9.97. The van der Waals surface area contributed by atoms with Crippen LogP contribution < -0.4 is 11.3 Å². The fourth-order valence-electron chi connectivity index (χ4n) is 1.72. The number of hydrogen-bond acceptors (Lipinski definition) is 6. The molecule has 1 aromatic heterocycles. The zero-order valence-corrected chi connectivity index (χ0v) is 10.4. The van der Waals surface area contributed by atoms with Crippen molar-refractivity contribution in [3.05, 3.63) is 21.7 Å². The minimum atomic E-state index is 0.748. The Morgan fingerprint density at radius 2 is 2.13 bits per heavy atom. The molecule has 0 unspecified atom stereocenters. The summed E-state index contributed by atoms with van der Waals surface area (Å²) in [6, 6.07) is 0. The first-order valence-electron chi connectivity index (χ1n) is 4.38. The minimum Gasteiger partial charge on any atom is -0.327 e. The van der Waals surface area contributed by atoms with Gasteiger partial charge in [0.1, 0.15) is 0 Å². The van der Waals surface area contributed by atoms with Gasteiger partial charge in [0.25, 0.3) is 0 Å². The van der Waals surface area contributed by atoms with E-state index in [0.717, 1.165) is 49.9 Å². The molecule has 0 saturated carbocycles. The molecule has 3 nitrogen and oxygen atoms in total. The summed E-state index contributed by atoms with van der Waals surface area (Å²) in [6.45, 7) is 0. The molecule has 2 rings (SSSR count). The number of thiophene rings is 1. The molecule has 0 amide bonds. The molecular weight excluding hydrogens is 248 g/mol. The fourth-order valence-corrected chi connectivity index (χ4v) is 3.76. The van der Waals surface area contributed by atoms with E-state index < -0.39 is 0 Å². The predicted molar refractivity (Wildman–Crippen MR) is 68.5 cm³/mol. The molecule has 1 aliphatic rings. The predicted octanol–water partition coefficient (Wildman–Crippen LogP) is 1.86. The van der Waals surface area contributed by atoms with Crippen molar-refractivity contribution in [2.75, 3.05) is 0 Å². The number of nitrogens with two attached hydrogens (primary N) is 1. The summed E-state index contributed by atoms with van der Waals surface area (Å²) in [5.41, 5.74) is 5.53. The molecular formula is C9H10N2OS3. The maximum atomic E-state index is 10.8. The van der Waals surface area contributed by atoms with Gasteiger partial charge in [-0.2, -0.15) is 0 Å². The number of hydrogen-bond donors (Lipinski definition) is 4. The molecule has 0 fully saturated rings. The van der Waals surface area contributed by atoms with E-state index in [1.165, 1.54) is 11.3 Å². The maximum Gasteiger partial charge on any atom is 0.160 e. The van der Waals surface area contributed by atoms with E-state index in [0.29, 0.717) is 0 Å². The number of carbonyl (C=O) groups excluding carboxylic acids is 1. The van der Waals surface area contributed by atoms with E-state index in [4.69, 9.17) is 5.84 Å². The molecule has 15 heavy (non-hydrogen) atoms. The molecule has 80 valence electrons. The summed E-state index contributed by atoms with van der Waals surface area (Å²) in [6.07, 6.45) is 2.47. The number of allylic oxidation sites excluding steroid dienone is 1. The lowest BCUT2D eigenvalue weighted by Gasteiger charge is -2.18. The van der Waals surface area contributed by atoms with Crippen LogP contribution in [0.15, 0.2) is 9.91 Å². The van der Waals surface area contributed by atoms with Gasteiger partial charge in [-0.15, -0.1) is 36.6 Å². The van der Waals surface area contributed by atoms with Crippen LogP contribution >= 0.6 is 36.6 Å². The van der Waals surface area contributed by atoms with Gasteiger partial charge < -0.3 is 5.43 Å². The van der Waals surface area contributed by atoms with E-state index in [-0.39, 0.29) is 0 Å². The van der Waals surface area contributed by atoms with Crippen LogP contribution in [0.4, 0.5) is 0 Å². The lowest BCUT2D eigenvalue weighted by Crippen LogP contribution is -2.24. The Balaban J connectivity index is 2.63. The van der Waals surface area contributed by atoms with Crippen LogP contribution in [0.5, 0.6) is 0 Å². The molecule has 1 aromatic rings. The molecule has 0 aromatic carbocycles. The maximum absolute atomic E-state index is 10.8. The first-order valence-corrected chi connectivity index (χ1v) is 6.09. The molecule has 0 spiro atoms. The fraction of sp³-hybridized carbons (Fsp3) is 0.222. The molecule has 1 aliphatic carbocycles. The van der Waals surface area contributed by atoms with Crippen molar-refractivity contribution in [3.63, 3.8) is 0 Å². The highest BCUT2D eigenvalue weighted by atomic mass is 32.2. The van der Waals surface area contributed by atoms with Gasteiger partial charge in [0.2, 0.25) is 0 Å². The minimum absolute atomic E-state index is 0.748. The van der Waals surface area contributed by atoms with E-state index in [9.17, 15) is 4.79 Å². The van der Waals surface area contributed by atoms with Crippen LogP contribution in [0.2, 0.25) is 0 Å². The van der Waals surface area contributed by atoms with Gasteiger partial charge in [-0.3, -0.25) is 10.6 Å². The number of hydrazine groups is 1. The normalized spacial score (nSPS) is 15.1. The monoisotopic (exact) mass is 258 g/mol. The van der Waals surface area contributed by atoms with Crippen molar-refractivity contribution in [1.82, 2.24) is 5.43 Å². The number of carbonyl (C=O) groups is 1. The second-order valence-electron chi connectivity index (χ2n) is 3.21. The first kappa shape index (κ1) is 11.1. The van der Waals surface area contributed by atoms with Gasteiger partial charge in [0.05, 0.1) is 9.09 Å². The van der Waals surface area contributed by atoms with Crippen molar-refractivity contribution in [1.29, 1.82) is 0 Å². The van der Waals surface area contributed by atoms with Crippen LogP contribution in [0.3, 0.4) is 0 Å². The van der Waals surface area contributed by atoms with Gasteiger partial charge >= 0.3 is 0 Å². The third kappa shape index (κ3) is 1.71. The van der Waals surface area contributed by atoms with Crippen molar-refractivity contribution in [3.8, 4) is 0 Å². The molecule has 3 N–H and O–H groups in total. The highest BCUT2D eigenvalue weighted by molar-refractivity contribution is 7.90. The van der Waals surface area contributed by atoms with Crippen LogP contribution in [-0.2, 0) is 6.42 Å². The lowest BCUT2D eigenvalue weighted by molar-refractivity contribution is 0.112. The van der Waals surface area contributed by atoms with Crippen molar-refractivity contribution < 1.29 is 4.79 Å². The summed E-state index contributed by atoms with van der Waals surface area (Å²) < 4.78 is 0.824. The van der Waals surface area contributed by atoms with Gasteiger partial charge in [-0.25, -0.2) is 0 Å². The smallest absolute Gasteiger partial charge is 0.160 e. The third-order valence-electron chi connectivity index (χ3n) is 2.45. The summed E-state index contributed by atoms with van der Waals surface area (Å²) in [4.78, 5) is 12.4. The van der Waals surface area contributed by atoms with Crippen molar-refractivity contribution >= 4 is 47.8 Å². The molecule has 0 atom stereocenters. The number of rotatable bonds is 2. The Labute approximate surface area is 103 Å². The third-order valence-corrected chi connectivity index (χ3v) is 4.40. The quantitative estimate of drug-likeness (QED) is 0.283. The number of aldehydes is 1. The Morgan fingerprint density at radius 1 is 1.40 bits per heavy atom. The summed E-state index contributed by atoms with van der Waals surface area (Å²) in [5, 5.41) is 0. The van der Waals surface area contributed by atoms with Crippen LogP contribution in [0, 0.1) is 0 Å². The molecule has 1 heterocycles. The second-order valence-corrected chi connectivity index (χ2v) is 5.46. The Morgan fingerprint density at radius 3 is 2.73 bits per heavy atom. The van der Waals surface area contributed by atoms with E-state index in [1.54, 1.807) is 0 Å². The van der Waals surface area contributed by atoms with E-state index in [2.05, 4.69) is 30.7 Å². The molecule has 0 aliphatic heterocycles. The zero-order chi connectivity index (χ0) is 11.0. The van der Waals surface area contributed by atoms with Crippen LogP contribution in [0.1, 0.15) is 27.2 Å².